The van der Waals surface area contributed by atoms with E-state index in [4.69, 9.17) is 9.47 Å². The summed E-state index contributed by atoms with van der Waals surface area (Å²) in [6, 6.07) is 6.90. The number of phenols is 1. The molecule has 37 heavy (non-hydrogen) atoms. The van der Waals surface area contributed by atoms with Crippen molar-refractivity contribution < 1.29 is 43.9 Å². The number of rotatable bonds is 8. The van der Waals surface area contributed by atoms with Crippen molar-refractivity contribution in [2.45, 2.75) is 0 Å². The number of aromatic hydroxyl groups is 1. The monoisotopic (exact) mass is 514 g/mol. The number of nitrogens with zero attached hydrogens (tertiary/aromatic N) is 4. The summed E-state index contributed by atoms with van der Waals surface area (Å²) in [5.41, 5.74) is -4.14. The van der Waals surface area contributed by atoms with E-state index in [-0.39, 0.29) is 0 Å². The first-order valence-electron chi connectivity index (χ1n) is 9.51. The molecular weight excluding hydrogens is 504 g/mol. The van der Waals surface area contributed by atoms with E-state index in [0.29, 0.717) is 12.1 Å². The number of carbonyl (C=O) groups is 2. The lowest BCUT2D eigenvalue weighted by atomic mass is 10.1. The van der Waals surface area contributed by atoms with E-state index >= 15 is 0 Å². The van der Waals surface area contributed by atoms with Crippen LogP contribution in [0.5, 0.6) is 17.2 Å². The van der Waals surface area contributed by atoms with Gasteiger partial charge in [0.25, 0.3) is 11.4 Å². The zero-order chi connectivity index (χ0) is 27.4. The van der Waals surface area contributed by atoms with Crippen LogP contribution in [0.1, 0.15) is 20.7 Å². The first kappa shape index (κ1) is 25.6. The summed E-state index contributed by atoms with van der Waals surface area (Å²) in [7, 11) is 0. The lowest BCUT2D eigenvalue weighted by Gasteiger charge is -2.08. The van der Waals surface area contributed by atoms with Crippen LogP contribution in [0.4, 0.5) is 22.7 Å². The predicted molar refractivity (Wildman–Crippen MR) is 118 cm³/mol. The zero-order valence-corrected chi connectivity index (χ0v) is 17.8. The second kappa shape index (κ2) is 10.1. The van der Waals surface area contributed by atoms with Crippen molar-refractivity contribution in [2.24, 2.45) is 0 Å². The Morgan fingerprint density at radius 1 is 0.595 bits per heavy atom. The molecule has 0 heterocycles. The highest BCUT2D eigenvalue weighted by molar-refractivity contribution is 5.98. The van der Waals surface area contributed by atoms with Gasteiger partial charge in [-0.15, -0.1) is 0 Å². The van der Waals surface area contributed by atoms with Crippen LogP contribution in [-0.4, -0.2) is 36.7 Å². The SMILES string of the molecule is O=C(Oc1ccc([N+](=O)[O-])cc1[N+](=O)[O-])c1cc(O)cc(C(=O)Oc2ccc([N+](=O)[O-])cc2[N+](=O)[O-])c1. The van der Waals surface area contributed by atoms with Gasteiger partial charge in [-0.05, 0) is 30.3 Å². The lowest BCUT2D eigenvalue weighted by molar-refractivity contribution is -0.394. The molecule has 17 heteroatoms. The number of ether oxygens (including phenoxy) is 2. The average molecular weight is 514 g/mol. The molecule has 0 spiro atoms. The molecule has 0 radical (unpaired) electrons. The number of non-ortho nitro benzene ring substituents is 2. The molecule has 3 aromatic rings. The molecule has 17 nitrogen and oxygen atoms in total. The van der Waals surface area contributed by atoms with Gasteiger partial charge in [0.2, 0.25) is 11.5 Å². The molecule has 0 fully saturated rings. The van der Waals surface area contributed by atoms with Gasteiger partial charge in [0, 0.05) is 12.1 Å². The number of esters is 2. The van der Waals surface area contributed by atoms with Gasteiger partial charge in [0.05, 0.1) is 43.0 Å². The number of phenolic OH excluding ortho intramolecular Hbond substituents is 1. The molecular formula is C20H10N4O13. The normalized spacial score (nSPS) is 10.3. The van der Waals surface area contributed by atoms with Gasteiger partial charge in [-0.2, -0.15) is 0 Å². The minimum atomic E-state index is -1.32. The molecule has 0 aliphatic rings. The average Bonchev–Trinajstić information content (AvgIpc) is 2.83. The van der Waals surface area contributed by atoms with Crippen molar-refractivity contribution in [3.8, 4) is 17.2 Å². The topological polar surface area (TPSA) is 245 Å². The molecule has 0 amide bonds. The van der Waals surface area contributed by atoms with Crippen molar-refractivity contribution in [2.75, 3.05) is 0 Å². The second-order valence-corrected chi connectivity index (χ2v) is 6.88. The van der Waals surface area contributed by atoms with Gasteiger partial charge in [-0.1, -0.05) is 0 Å². The Kier molecular flexibility index (Phi) is 6.99. The van der Waals surface area contributed by atoms with Gasteiger partial charge in [0.1, 0.15) is 5.75 Å². The third-order valence-corrected chi connectivity index (χ3v) is 4.49. The fraction of sp³-hybridized carbons (Fsp3) is 0. The summed E-state index contributed by atoms with van der Waals surface area (Å²) in [5.74, 6) is -4.65. The van der Waals surface area contributed by atoms with Gasteiger partial charge < -0.3 is 14.6 Å². The van der Waals surface area contributed by atoms with Crippen LogP contribution in [0.2, 0.25) is 0 Å². The van der Waals surface area contributed by atoms with Crippen LogP contribution in [0.3, 0.4) is 0 Å². The molecule has 1 N–H and O–H groups in total. The standard InChI is InChI=1S/C20H10N4O13/c25-14-6-10(19(26)36-17-3-1-12(21(28)29)8-15(17)23(32)33)5-11(7-14)20(27)37-18-4-2-13(22(30)31)9-16(18)24(34)35/h1-9,25H. The van der Waals surface area contributed by atoms with Crippen LogP contribution in [0, 0.1) is 40.5 Å². The molecule has 0 atom stereocenters. The summed E-state index contributed by atoms with van der Waals surface area (Å²) in [6.07, 6.45) is 0. The van der Waals surface area contributed by atoms with Crippen LogP contribution >= 0.6 is 0 Å². The summed E-state index contributed by atoms with van der Waals surface area (Å²) in [6.45, 7) is 0. The van der Waals surface area contributed by atoms with Crippen molar-refractivity contribution in [1.82, 2.24) is 0 Å². The number of nitro benzene ring substituents is 4. The van der Waals surface area contributed by atoms with Crippen molar-refractivity contribution >= 4 is 34.7 Å². The van der Waals surface area contributed by atoms with Gasteiger partial charge >= 0.3 is 23.3 Å². The maximum absolute atomic E-state index is 12.5. The van der Waals surface area contributed by atoms with Crippen LogP contribution in [0.15, 0.2) is 54.6 Å². The molecule has 0 unspecified atom stereocenters. The third kappa shape index (κ3) is 5.74. The first-order chi connectivity index (χ1) is 17.4. The van der Waals surface area contributed by atoms with Crippen LogP contribution < -0.4 is 9.47 Å². The van der Waals surface area contributed by atoms with E-state index in [9.17, 15) is 55.2 Å². The van der Waals surface area contributed by atoms with E-state index in [0.717, 1.165) is 42.5 Å². The van der Waals surface area contributed by atoms with E-state index < -0.39 is 82.8 Å². The molecule has 0 aliphatic carbocycles. The van der Waals surface area contributed by atoms with E-state index in [1.54, 1.807) is 0 Å². The maximum atomic E-state index is 12.5. The number of hydrogen-bond acceptors (Lipinski definition) is 13. The summed E-state index contributed by atoms with van der Waals surface area (Å²) in [4.78, 5) is 65.4. The van der Waals surface area contributed by atoms with Crippen LogP contribution in [0.25, 0.3) is 0 Å². The number of benzene rings is 3. The molecule has 0 bridgehead atoms. The van der Waals surface area contributed by atoms with Crippen molar-refractivity contribution in [1.29, 1.82) is 0 Å². The molecule has 0 saturated carbocycles. The predicted octanol–water partition coefficient (Wildman–Crippen LogP) is 3.46. The Morgan fingerprint density at radius 3 is 1.30 bits per heavy atom. The van der Waals surface area contributed by atoms with E-state index in [1.165, 1.54) is 0 Å². The fourth-order valence-corrected chi connectivity index (χ4v) is 2.86. The van der Waals surface area contributed by atoms with E-state index in [2.05, 4.69) is 0 Å². The van der Waals surface area contributed by atoms with Crippen LogP contribution in [-0.2, 0) is 0 Å². The van der Waals surface area contributed by atoms with Gasteiger partial charge in [-0.25, -0.2) is 9.59 Å². The largest absolute Gasteiger partial charge is 0.508 e. The Balaban J connectivity index is 1.90. The summed E-state index contributed by atoms with van der Waals surface area (Å²) in [5, 5.41) is 54.1. The number of carbonyl (C=O) groups excluding carboxylic acids is 2. The second-order valence-electron chi connectivity index (χ2n) is 6.88. The Bertz CT molecular complexity index is 1390. The lowest BCUT2D eigenvalue weighted by Crippen LogP contribution is -2.14. The third-order valence-electron chi connectivity index (χ3n) is 4.49. The zero-order valence-electron chi connectivity index (χ0n) is 17.8. The maximum Gasteiger partial charge on any atom is 0.343 e. The molecule has 0 saturated heterocycles. The minimum absolute atomic E-state index is 0.516. The Morgan fingerprint density at radius 2 is 0.973 bits per heavy atom. The number of nitro groups is 4. The first-order valence-corrected chi connectivity index (χ1v) is 9.51. The minimum Gasteiger partial charge on any atom is -0.508 e. The highest BCUT2D eigenvalue weighted by Crippen LogP contribution is 2.33. The van der Waals surface area contributed by atoms with Gasteiger partial charge in [0.15, 0.2) is 0 Å². The fourth-order valence-electron chi connectivity index (χ4n) is 2.86. The molecule has 3 aromatic carbocycles. The molecule has 0 aliphatic heterocycles. The van der Waals surface area contributed by atoms with Crippen molar-refractivity contribution in [3.63, 3.8) is 0 Å². The molecule has 188 valence electrons. The van der Waals surface area contributed by atoms with Gasteiger partial charge in [-0.3, -0.25) is 40.5 Å². The quantitative estimate of drug-likeness (QED) is 0.196. The van der Waals surface area contributed by atoms with Crippen molar-refractivity contribution in [3.05, 3.63) is 106 Å². The number of hydrogen-bond donors (Lipinski definition) is 1. The Hall–Kier alpha value is -6.00. The van der Waals surface area contributed by atoms with E-state index in [1.807, 2.05) is 0 Å². The summed E-state index contributed by atoms with van der Waals surface area (Å²) < 4.78 is 9.80. The smallest absolute Gasteiger partial charge is 0.343 e. The Labute approximate surface area is 202 Å². The molecule has 3 rings (SSSR count). The molecule has 0 aromatic heterocycles. The highest BCUT2D eigenvalue weighted by Gasteiger charge is 2.26. The highest BCUT2D eigenvalue weighted by atomic mass is 16.6. The summed E-state index contributed by atoms with van der Waals surface area (Å²) >= 11 is 0.